The highest BCUT2D eigenvalue weighted by Crippen LogP contribution is 2.23. The highest BCUT2D eigenvalue weighted by molar-refractivity contribution is 7.82. The van der Waals surface area contributed by atoms with E-state index in [4.69, 9.17) is 11.5 Å². The predicted octanol–water partition coefficient (Wildman–Crippen LogP) is -2.15. The number of rotatable bonds is 1. The van der Waals surface area contributed by atoms with Crippen LogP contribution in [0.15, 0.2) is 0 Å². The standard InChI is InChI=1S/C2H6N2O4S/c3-1-2(4)7-9(5,6)8-2/h1,3-4H2. The van der Waals surface area contributed by atoms with Crippen molar-refractivity contribution in [3.05, 3.63) is 0 Å². The third-order valence-corrected chi connectivity index (χ3v) is 1.74. The maximum Gasteiger partial charge on any atom is 0.407 e. The van der Waals surface area contributed by atoms with Gasteiger partial charge < -0.3 is 5.73 Å². The molecule has 6 nitrogen and oxygen atoms in total. The lowest BCUT2D eigenvalue weighted by atomic mass is 10.5. The minimum absolute atomic E-state index is 0.188. The Morgan fingerprint density at radius 2 is 1.89 bits per heavy atom. The second-order valence-electron chi connectivity index (χ2n) is 1.59. The molecule has 0 atom stereocenters. The summed E-state index contributed by atoms with van der Waals surface area (Å²) in [5.41, 5.74) is 9.98. The molecule has 1 aliphatic heterocycles. The van der Waals surface area contributed by atoms with Crippen LogP contribution in [0.4, 0.5) is 0 Å². The average Bonchev–Trinajstić information content (AvgIpc) is 1.61. The topological polar surface area (TPSA) is 105 Å². The van der Waals surface area contributed by atoms with Gasteiger partial charge in [0.15, 0.2) is 0 Å². The highest BCUT2D eigenvalue weighted by Gasteiger charge is 2.48. The van der Waals surface area contributed by atoms with Crippen molar-refractivity contribution in [3.63, 3.8) is 0 Å². The summed E-state index contributed by atoms with van der Waals surface area (Å²) in [6, 6.07) is 0. The van der Waals surface area contributed by atoms with Gasteiger partial charge in [-0.3, -0.25) is 5.73 Å². The molecule has 9 heavy (non-hydrogen) atoms. The molecule has 0 aromatic rings. The molecule has 0 aromatic carbocycles. The van der Waals surface area contributed by atoms with Crippen molar-refractivity contribution in [1.29, 1.82) is 0 Å². The molecule has 0 unspecified atom stereocenters. The molecule has 0 bridgehead atoms. The lowest BCUT2D eigenvalue weighted by Gasteiger charge is -2.33. The SMILES string of the molecule is NCC1(N)OS(=O)(=O)O1. The Hall–Kier alpha value is -0.210. The van der Waals surface area contributed by atoms with Gasteiger partial charge in [0.2, 0.25) is 0 Å². The van der Waals surface area contributed by atoms with Gasteiger partial charge in [0.1, 0.15) is 0 Å². The zero-order chi connectivity index (χ0) is 7.12. The average molecular weight is 154 g/mol. The Morgan fingerprint density at radius 1 is 1.44 bits per heavy atom. The van der Waals surface area contributed by atoms with Gasteiger partial charge >= 0.3 is 10.4 Å². The van der Waals surface area contributed by atoms with Crippen molar-refractivity contribution < 1.29 is 16.8 Å². The van der Waals surface area contributed by atoms with Gasteiger partial charge in [-0.1, -0.05) is 0 Å². The molecule has 0 aromatic heterocycles. The first kappa shape index (κ1) is 6.90. The van der Waals surface area contributed by atoms with Crippen molar-refractivity contribution in [1.82, 2.24) is 0 Å². The summed E-state index contributed by atoms with van der Waals surface area (Å²) in [6.07, 6.45) is 0. The second kappa shape index (κ2) is 1.64. The third-order valence-electron chi connectivity index (χ3n) is 0.771. The predicted molar refractivity (Wildman–Crippen MR) is 27.1 cm³/mol. The van der Waals surface area contributed by atoms with Crippen LogP contribution in [0, 0.1) is 0 Å². The van der Waals surface area contributed by atoms with Crippen molar-refractivity contribution in [2.24, 2.45) is 11.5 Å². The molecule has 7 heteroatoms. The van der Waals surface area contributed by atoms with Crippen LogP contribution in [-0.4, -0.2) is 20.9 Å². The third kappa shape index (κ3) is 1.19. The molecule has 1 aliphatic rings. The highest BCUT2D eigenvalue weighted by atomic mass is 32.3. The first-order valence-electron chi connectivity index (χ1n) is 2.13. The molecule has 1 rings (SSSR count). The largest absolute Gasteiger partial charge is 0.407 e. The molecule has 1 heterocycles. The summed E-state index contributed by atoms with van der Waals surface area (Å²) in [4.78, 5) is 0. The minimum atomic E-state index is -3.81. The van der Waals surface area contributed by atoms with E-state index in [-0.39, 0.29) is 6.54 Å². The van der Waals surface area contributed by atoms with E-state index < -0.39 is 16.3 Å². The summed E-state index contributed by atoms with van der Waals surface area (Å²) in [5.74, 6) is -1.61. The van der Waals surface area contributed by atoms with Crippen LogP contribution in [0.5, 0.6) is 0 Å². The summed E-state index contributed by atoms with van der Waals surface area (Å²) in [6.45, 7) is -0.188. The molecule has 0 spiro atoms. The molecular formula is C2H6N2O4S. The molecule has 4 N–H and O–H groups in total. The van der Waals surface area contributed by atoms with Crippen LogP contribution in [0.25, 0.3) is 0 Å². The quantitative estimate of drug-likeness (QED) is 0.446. The smallest absolute Gasteiger partial charge is 0.324 e. The maximum absolute atomic E-state index is 10.1. The van der Waals surface area contributed by atoms with Crippen LogP contribution in [0.2, 0.25) is 0 Å². The molecule has 1 saturated heterocycles. The molecule has 0 saturated carbocycles. The van der Waals surface area contributed by atoms with E-state index in [1.165, 1.54) is 0 Å². The summed E-state index contributed by atoms with van der Waals surface area (Å²) in [7, 11) is -3.81. The zero-order valence-corrected chi connectivity index (χ0v) is 5.22. The maximum atomic E-state index is 10.1. The summed E-state index contributed by atoms with van der Waals surface area (Å²) in [5, 5.41) is 0. The Kier molecular flexibility index (Phi) is 1.26. The monoisotopic (exact) mass is 154 g/mol. The van der Waals surface area contributed by atoms with E-state index in [1.807, 2.05) is 0 Å². The molecule has 0 aliphatic carbocycles. The molecule has 54 valence electrons. The number of hydrogen-bond acceptors (Lipinski definition) is 6. The van der Waals surface area contributed by atoms with Crippen molar-refractivity contribution in [2.45, 2.75) is 5.91 Å². The van der Waals surface area contributed by atoms with E-state index in [1.54, 1.807) is 0 Å². The lowest BCUT2D eigenvalue weighted by molar-refractivity contribution is -0.174. The van der Waals surface area contributed by atoms with Crippen LogP contribution in [0.3, 0.4) is 0 Å². The van der Waals surface area contributed by atoms with Gasteiger partial charge in [0, 0.05) is 0 Å². The Labute approximate surface area is 52.0 Å². The normalized spacial score (nSPS) is 29.1. The second-order valence-corrected chi connectivity index (χ2v) is 2.74. The van der Waals surface area contributed by atoms with E-state index in [0.29, 0.717) is 0 Å². The summed E-state index contributed by atoms with van der Waals surface area (Å²) < 4.78 is 28.3. The van der Waals surface area contributed by atoms with Crippen molar-refractivity contribution >= 4 is 10.4 Å². The van der Waals surface area contributed by atoms with Crippen LogP contribution in [-0.2, 0) is 18.8 Å². The number of hydrogen-bond donors (Lipinski definition) is 2. The van der Waals surface area contributed by atoms with Crippen molar-refractivity contribution in [3.8, 4) is 0 Å². The first-order valence-corrected chi connectivity index (χ1v) is 3.46. The Morgan fingerprint density at radius 3 is 2.00 bits per heavy atom. The fourth-order valence-electron chi connectivity index (χ4n) is 0.420. The van der Waals surface area contributed by atoms with Gasteiger partial charge in [0.25, 0.3) is 5.91 Å². The number of nitrogens with two attached hydrogens (primary N) is 2. The lowest BCUT2D eigenvalue weighted by Crippen LogP contribution is -2.62. The Bertz CT molecular complexity index is 197. The minimum Gasteiger partial charge on any atom is -0.324 e. The van der Waals surface area contributed by atoms with E-state index in [2.05, 4.69) is 8.37 Å². The van der Waals surface area contributed by atoms with Gasteiger partial charge in [-0.15, -0.1) is 0 Å². The molecular weight excluding hydrogens is 148 g/mol. The van der Waals surface area contributed by atoms with E-state index >= 15 is 0 Å². The first-order chi connectivity index (χ1) is 3.97. The summed E-state index contributed by atoms with van der Waals surface area (Å²) >= 11 is 0. The van der Waals surface area contributed by atoms with Crippen LogP contribution >= 0.6 is 0 Å². The molecule has 1 fully saturated rings. The van der Waals surface area contributed by atoms with E-state index in [0.717, 1.165) is 0 Å². The van der Waals surface area contributed by atoms with Crippen LogP contribution < -0.4 is 11.5 Å². The Balaban J connectivity index is 2.61. The van der Waals surface area contributed by atoms with Crippen molar-refractivity contribution in [2.75, 3.05) is 6.54 Å². The van der Waals surface area contributed by atoms with Gasteiger partial charge in [0.05, 0.1) is 6.54 Å². The fourth-order valence-corrected chi connectivity index (χ4v) is 1.26. The zero-order valence-electron chi connectivity index (χ0n) is 4.40. The van der Waals surface area contributed by atoms with E-state index in [9.17, 15) is 8.42 Å². The van der Waals surface area contributed by atoms with Gasteiger partial charge in [-0.25, -0.2) is 0 Å². The van der Waals surface area contributed by atoms with Gasteiger partial charge in [-0.2, -0.15) is 16.8 Å². The molecule has 0 amide bonds. The molecule has 0 radical (unpaired) electrons. The fraction of sp³-hybridized carbons (Fsp3) is 1.00. The van der Waals surface area contributed by atoms with Gasteiger partial charge in [-0.05, 0) is 0 Å². The van der Waals surface area contributed by atoms with Crippen LogP contribution in [0.1, 0.15) is 0 Å².